The van der Waals surface area contributed by atoms with E-state index < -0.39 is 0 Å². The smallest absolute Gasteiger partial charge is 0.267 e. The van der Waals surface area contributed by atoms with Gasteiger partial charge in [0.15, 0.2) is 0 Å². The number of rotatable bonds is 3. The van der Waals surface area contributed by atoms with Crippen LogP contribution in [0.15, 0.2) is 48.5 Å². The summed E-state index contributed by atoms with van der Waals surface area (Å²) in [5.41, 5.74) is 6.02. The van der Waals surface area contributed by atoms with Gasteiger partial charge in [-0.25, -0.2) is 0 Å². The van der Waals surface area contributed by atoms with Crippen LogP contribution in [-0.4, -0.2) is 10.9 Å². The van der Waals surface area contributed by atoms with E-state index in [4.69, 9.17) is 0 Å². The zero-order valence-corrected chi connectivity index (χ0v) is 16.4. The molecule has 0 saturated heterocycles. The summed E-state index contributed by atoms with van der Waals surface area (Å²) in [6, 6.07) is 16.5. The largest absolute Gasteiger partial charge is 0.351 e. The molecule has 1 aliphatic carbocycles. The van der Waals surface area contributed by atoms with Crippen LogP contribution in [0.2, 0.25) is 0 Å². The van der Waals surface area contributed by atoms with E-state index in [9.17, 15) is 4.79 Å². The molecule has 0 radical (unpaired) electrons. The number of nitrogens with one attached hydrogen (secondary N) is 2. The third-order valence-corrected chi connectivity index (χ3v) is 5.93. The number of hydrogen-bond acceptors (Lipinski definition) is 1. The maximum Gasteiger partial charge on any atom is 0.267 e. The van der Waals surface area contributed by atoms with E-state index in [2.05, 4.69) is 43.2 Å². The zero-order chi connectivity index (χ0) is 19.0. The van der Waals surface area contributed by atoms with Gasteiger partial charge >= 0.3 is 0 Å². The Labute approximate surface area is 161 Å². The average Bonchev–Trinajstić information content (AvgIpc) is 3.06. The van der Waals surface area contributed by atoms with Gasteiger partial charge in [-0.2, -0.15) is 0 Å². The third kappa shape index (κ3) is 3.78. The molecule has 0 fully saturated rings. The molecular weight excluding hydrogens is 332 g/mol. The van der Waals surface area contributed by atoms with E-state index in [1.807, 2.05) is 36.4 Å². The highest BCUT2D eigenvalue weighted by Crippen LogP contribution is 2.38. The molecule has 0 saturated carbocycles. The van der Waals surface area contributed by atoms with Gasteiger partial charge < -0.3 is 10.3 Å². The lowest BCUT2D eigenvalue weighted by atomic mass is 9.70. The molecule has 1 unspecified atom stereocenters. The molecule has 1 aromatic heterocycles. The highest BCUT2D eigenvalue weighted by atomic mass is 16.1. The van der Waals surface area contributed by atoms with Crippen molar-refractivity contribution in [3.8, 4) is 0 Å². The number of H-pyrrole nitrogens is 1. The van der Waals surface area contributed by atoms with Crippen molar-refractivity contribution < 1.29 is 4.79 Å². The summed E-state index contributed by atoms with van der Waals surface area (Å²) in [7, 11) is 0. The molecule has 3 nitrogen and oxygen atoms in total. The number of aryl methyl sites for hydroxylation is 1. The van der Waals surface area contributed by atoms with Crippen LogP contribution in [0, 0.1) is 11.3 Å². The van der Waals surface area contributed by atoms with Crippen molar-refractivity contribution in [3.05, 3.63) is 70.9 Å². The van der Waals surface area contributed by atoms with Gasteiger partial charge in [0.1, 0.15) is 5.69 Å². The maximum atomic E-state index is 12.6. The van der Waals surface area contributed by atoms with Crippen molar-refractivity contribution >= 4 is 16.8 Å². The van der Waals surface area contributed by atoms with Crippen LogP contribution in [0.3, 0.4) is 0 Å². The molecule has 0 aliphatic heterocycles. The summed E-state index contributed by atoms with van der Waals surface area (Å²) >= 11 is 0. The fourth-order valence-electron chi connectivity index (χ4n) is 4.13. The lowest BCUT2D eigenvalue weighted by Crippen LogP contribution is -2.26. The Hall–Kier alpha value is -2.55. The van der Waals surface area contributed by atoms with Gasteiger partial charge in [0, 0.05) is 17.4 Å². The van der Waals surface area contributed by atoms with E-state index >= 15 is 0 Å². The first-order valence-electron chi connectivity index (χ1n) is 9.87. The number of hydrogen-bond donors (Lipinski definition) is 2. The molecule has 0 spiro atoms. The van der Waals surface area contributed by atoms with Crippen LogP contribution in [0.25, 0.3) is 10.9 Å². The van der Waals surface area contributed by atoms with Crippen molar-refractivity contribution in [2.75, 3.05) is 0 Å². The molecule has 0 bridgehead atoms. The Morgan fingerprint density at radius 2 is 1.89 bits per heavy atom. The van der Waals surface area contributed by atoms with Crippen molar-refractivity contribution in [3.63, 3.8) is 0 Å². The number of carbonyl (C=O) groups is 1. The van der Waals surface area contributed by atoms with Crippen LogP contribution < -0.4 is 5.32 Å². The van der Waals surface area contributed by atoms with Gasteiger partial charge in [0.05, 0.1) is 0 Å². The van der Waals surface area contributed by atoms with Gasteiger partial charge in [-0.1, -0.05) is 51.1 Å². The molecule has 3 aromatic rings. The molecule has 2 aromatic carbocycles. The van der Waals surface area contributed by atoms with Gasteiger partial charge in [-0.05, 0) is 65.5 Å². The van der Waals surface area contributed by atoms with Crippen LogP contribution in [0.5, 0.6) is 0 Å². The number of aromatic amines is 1. The first-order chi connectivity index (χ1) is 12.9. The van der Waals surface area contributed by atoms with E-state index in [1.165, 1.54) is 17.5 Å². The number of benzene rings is 2. The Morgan fingerprint density at radius 1 is 1.11 bits per heavy atom. The summed E-state index contributed by atoms with van der Waals surface area (Å²) < 4.78 is 0. The number of carbonyl (C=O) groups excluding carboxylic acids is 1. The van der Waals surface area contributed by atoms with Gasteiger partial charge in [-0.15, -0.1) is 0 Å². The molecular formula is C24H28N2O. The number of fused-ring (bicyclic) bond motifs is 2. The van der Waals surface area contributed by atoms with Crippen LogP contribution in [0.1, 0.15) is 54.4 Å². The summed E-state index contributed by atoms with van der Waals surface area (Å²) in [6.07, 6.45) is 3.51. The van der Waals surface area contributed by atoms with Gasteiger partial charge in [0.25, 0.3) is 5.91 Å². The second-order valence-electron chi connectivity index (χ2n) is 8.87. The molecule has 27 heavy (non-hydrogen) atoms. The highest BCUT2D eigenvalue weighted by molar-refractivity contribution is 5.98. The summed E-state index contributed by atoms with van der Waals surface area (Å²) in [5, 5.41) is 4.13. The first-order valence-corrected chi connectivity index (χ1v) is 9.87. The predicted molar refractivity (Wildman–Crippen MR) is 111 cm³/mol. The van der Waals surface area contributed by atoms with E-state index in [0.29, 0.717) is 23.6 Å². The summed E-state index contributed by atoms with van der Waals surface area (Å²) in [4.78, 5) is 15.9. The number of aromatic nitrogens is 1. The van der Waals surface area contributed by atoms with Gasteiger partial charge in [0.2, 0.25) is 0 Å². The Kier molecular flexibility index (Phi) is 4.55. The molecule has 4 rings (SSSR count). The SMILES string of the molecule is CC(C)(C)C1CCc2cc3cc(C(=O)NCc4ccccc4)[nH]c3cc2C1. The standard InChI is InChI=1S/C24H28N2O/c1-24(2,3)20-10-9-17-11-19-14-22(26-21(19)13-18(17)12-20)23(27)25-15-16-7-5-4-6-8-16/h4-8,11,13-14,20,26H,9-10,12,15H2,1-3H3,(H,25,27). The maximum absolute atomic E-state index is 12.6. The highest BCUT2D eigenvalue weighted by Gasteiger charge is 2.29. The van der Waals surface area contributed by atoms with Crippen molar-refractivity contribution in [1.29, 1.82) is 0 Å². The Bertz CT molecular complexity index is 963. The van der Waals surface area contributed by atoms with E-state index in [-0.39, 0.29) is 5.91 Å². The second kappa shape index (κ2) is 6.88. The molecule has 1 atom stereocenters. The van der Waals surface area contributed by atoms with Crippen molar-refractivity contribution in [2.24, 2.45) is 11.3 Å². The molecule has 140 valence electrons. The molecule has 3 heteroatoms. The van der Waals surface area contributed by atoms with Crippen LogP contribution in [-0.2, 0) is 19.4 Å². The van der Waals surface area contributed by atoms with Gasteiger partial charge in [-0.3, -0.25) is 4.79 Å². The van der Waals surface area contributed by atoms with E-state index in [1.54, 1.807) is 0 Å². The lowest BCUT2D eigenvalue weighted by Gasteiger charge is -2.35. The Balaban J connectivity index is 1.53. The predicted octanol–water partition coefficient (Wildman–Crippen LogP) is 5.25. The summed E-state index contributed by atoms with van der Waals surface area (Å²) in [6.45, 7) is 7.56. The fourth-order valence-corrected chi connectivity index (χ4v) is 4.13. The molecule has 1 aliphatic rings. The van der Waals surface area contributed by atoms with Crippen molar-refractivity contribution in [1.82, 2.24) is 10.3 Å². The lowest BCUT2D eigenvalue weighted by molar-refractivity contribution is 0.0946. The fraction of sp³-hybridized carbons (Fsp3) is 0.375. The normalized spacial score (nSPS) is 16.9. The summed E-state index contributed by atoms with van der Waals surface area (Å²) in [5.74, 6) is 0.659. The third-order valence-electron chi connectivity index (χ3n) is 5.93. The molecule has 2 N–H and O–H groups in total. The first kappa shape index (κ1) is 17.8. The minimum absolute atomic E-state index is 0.0550. The van der Waals surface area contributed by atoms with Crippen LogP contribution >= 0.6 is 0 Å². The quantitative estimate of drug-likeness (QED) is 0.658. The average molecular weight is 361 g/mol. The van der Waals surface area contributed by atoms with Crippen LogP contribution in [0.4, 0.5) is 0 Å². The second-order valence-corrected chi connectivity index (χ2v) is 8.87. The minimum Gasteiger partial charge on any atom is -0.351 e. The van der Waals surface area contributed by atoms with E-state index in [0.717, 1.165) is 29.3 Å². The Morgan fingerprint density at radius 3 is 2.63 bits per heavy atom. The molecule has 1 amide bonds. The monoisotopic (exact) mass is 360 g/mol. The number of amides is 1. The minimum atomic E-state index is -0.0550. The molecule has 1 heterocycles. The van der Waals surface area contributed by atoms with Crippen molar-refractivity contribution in [2.45, 2.75) is 46.6 Å². The topological polar surface area (TPSA) is 44.9 Å². The zero-order valence-electron chi connectivity index (χ0n) is 16.4.